The van der Waals surface area contributed by atoms with Crippen LogP contribution in [0.25, 0.3) is 0 Å². The van der Waals surface area contributed by atoms with Gasteiger partial charge in [0.2, 0.25) is 17.7 Å². The molecule has 0 spiro atoms. The first-order chi connectivity index (χ1) is 30.6. The van der Waals surface area contributed by atoms with Gasteiger partial charge in [0, 0.05) is 25.8 Å². The number of aliphatic carboxylic acids is 1. The monoisotopic (exact) mass is 898 g/mol. The number of hydrogen-bond donors (Lipinski definition) is 7. The second-order valence-electron chi connectivity index (χ2n) is 18.4. The van der Waals surface area contributed by atoms with Crippen LogP contribution in [0.15, 0.2) is 0 Å². The molecule has 1 saturated heterocycles. The molecule has 7 N–H and O–H groups in total. The van der Waals surface area contributed by atoms with E-state index in [1.54, 1.807) is 0 Å². The van der Waals surface area contributed by atoms with E-state index in [0.717, 1.165) is 38.5 Å². The molecular weight excluding hydrogens is 803 g/mol. The standard InChI is InChI=1S/C50H95N3O10/c1-3-5-7-9-11-13-15-17-19-21-23-25-27-29-31-33-38-53(44(57)36-32-30-28-26-24-22-20-18-16-14-12-10-8-6-4-2)50-46(48(61)47(60)42(40-55)63-50)52-49(62)41(39-54)51-43(56)35-34-37-45(58)59/h41-42,46-48,50,54-55,60-61H,3-40H2,1-2H3,(H,51,56)(H,52,62)(H,58,59)/t41-,42+,46-,47+,48+,50+/m0/s1. The summed E-state index contributed by atoms with van der Waals surface area (Å²) < 4.78 is 6.12. The van der Waals surface area contributed by atoms with Crippen LogP contribution in [-0.2, 0) is 23.9 Å². The molecule has 13 heteroatoms. The van der Waals surface area contributed by atoms with Gasteiger partial charge in [-0.2, -0.15) is 0 Å². The number of carboxylic acid groups (broad SMARTS) is 1. The van der Waals surface area contributed by atoms with Crippen molar-refractivity contribution in [3.8, 4) is 0 Å². The van der Waals surface area contributed by atoms with Crippen LogP contribution in [0.2, 0.25) is 0 Å². The highest BCUT2D eigenvalue weighted by atomic mass is 16.5. The molecule has 0 aromatic carbocycles. The average Bonchev–Trinajstić information content (AvgIpc) is 3.27. The minimum Gasteiger partial charge on any atom is -0.481 e. The predicted octanol–water partition coefficient (Wildman–Crippen LogP) is 8.99. The largest absolute Gasteiger partial charge is 0.481 e. The zero-order valence-corrected chi connectivity index (χ0v) is 40.1. The minimum absolute atomic E-state index is 0.0444. The van der Waals surface area contributed by atoms with Crippen LogP contribution in [0.4, 0.5) is 0 Å². The molecule has 0 radical (unpaired) electrons. The summed E-state index contributed by atoms with van der Waals surface area (Å²) in [5.41, 5.74) is 0. The van der Waals surface area contributed by atoms with Crippen molar-refractivity contribution < 1.29 is 49.4 Å². The number of carbonyl (C=O) groups is 4. The van der Waals surface area contributed by atoms with Crippen LogP contribution in [0.5, 0.6) is 0 Å². The van der Waals surface area contributed by atoms with E-state index in [4.69, 9.17) is 9.84 Å². The molecule has 0 aromatic heterocycles. The van der Waals surface area contributed by atoms with Gasteiger partial charge in [-0.25, -0.2) is 0 Å². The first-order valence-electron chi connectivity index (χ1n) is 25.9. The first kappa shape index (κ1) is 58.7. The van der Waals surface area contributed by atoms with E-state index in [1.807, 2.05) is 0 Å². The lowest BCUT2D eigenvalue weighted by Crippen LogP contribution is -2.70. The van der Waals surface area contributed by atoms with Crippen LogP contribution in [0, 0.1) is 0 Å². The van der Waals surface area contributed by atoms with E-state index in [-0.39, 0.29) is 38.1 Å². The van der Waals surface area contributed by atoms with Gasteiger partial charge in [0.1, 0.15) is 30.4 Å². The number of nitrogens with one attached hydrogen (secondary N) is 2. The summed E-state index contributed by atoms with van der Waals surface area (Å²) >= 11 is 0. The van der Waals surface area contributed by atoms with Gasteiger partial charge in [0.05, 0.1) is 13.2 Å². The van der Waals surface area contributed by atoms with Gasteiger partial charge in [-0.1, -0.05) is 200 Å². The van der Waals surface area contributed by atoms with Crippen LogP contribution >= 0.6 is 0 Å². The number of unbranched alkanes of at least 4 members (excludes halogenated alkanes) is 29. The maximum Gasteiger partial charge on any atom is 0.303 e. The van der Waals surface area contributed by atoms with E-state index >= 15 is 0 Å². The second kappa shape index (κ2) is 40.0. The third kappa shape index (κ3) is 29.0. The number of carboxylic acids is 1. The van der Waals surface area contributed by atoms with Crippen molar-refractivity contribution in [2.24, 2.45) is 0 Å². The molecule has 1 aliphatic heterocycles. The smallest absolute Gasteiger partial charge is 0.303 e. The lowest BCUT2D eigenvalue weighted by Gasteiger charge is -2.47. The SMILES string of the molecule is CCCCCCCCCCCCCCCCCCN(C(=O)CCCCCCCCCCCCCCCCC)[C@@H]1O[C@H](CO)[C@@H](O)[C@H](O)[C@@H]1NC(=O)[C@H](CO)NC(=O)CCCC(=O)O. The summed E-state index contributed by atoms with van der Waals surface area (Å²) in [6, 6.07) is -2.77. The Morgan fingerprint density at radius 2 is 0.952 bits per heavy atom. The van der Waals surface area contributed by atoms with E-state index in [9.17, 15) is 39.6 Å². The van der Waals surface area contributed by atoms with Crippen molar-refractivity contribution in [3.63, 3.8) is 0 Å². The zero-order chi connectivity index (χ0) is 46.3. The van der Waals surface area contributed by atoms with Gasteiger partial charge in [-0.15, -0.1) is 0 Å². The Labute approximate surface area is 382 Å². The Hall–Kier alpha value is -2.32. The Morgan fingerprint density at radius 3 is 1.35 bits per heavy atom. The molecule has 1 aliphatic rings. The summed E-state index contributed by atoms with van der Waals surface area (Å²) in [4.78, 5) is 52.4. The third-order valence-electron chi connectivity index (χ3n) is 12.7. The molecule has 1 heterocycles. The Balaban J connectivity index is 2.80. The maximum atomic E-state index is 14.1. The molecule has 0 saturated carbocycles. The van der Waals surface area contributed by atoms with Gasteiger partial charge >= 0.3 is 5.97 Å². The summed E-state index contributed by atoms with van der Waals surface area (Å²) in [6.45, 7) is 3.38. The fraction of sp³-hybridized carbons (Fsp3) is 0.920. The molecule has 370 valence electrons. The number of carbonyl (C=O) groups excluding carboxylic acids is 3. The number of ether oxygens (including phenoxy) is 1. The van der Waals surface area contributed by atoms with E-state index in [0.29, 0.717) is 12.8 Å². The molecule has 0 aromatic rings. The van der Waals surface area contributed by atoms with E-state index in [1.165, 1.54) is 153 Å². The third-order valence-corrected chi connectivity index (χ3v) is 12.7. The number of amides is 3. The Morgan fingerprint density at radius 1 is 0.540 bits per heavy atom. The number of aliphatic hydroxyl groups excluding tert-OH is 4. The lowest BCUT2D eigenvalue weighted by atomic mass is 9.94. The van der Waals surface area contributed by atoms with Crippen molar-refractivity contribution in [1.82, 2.24) is 15.5 Å². The first-order valence-corrected chi connectivity index (χ1v) is 25.9. The number of rotatable bonds is 43. The Bertz CT molecular complexity index is 1150. The average molecular weight is 898 g/mol. The van der Waals surface area contributed by atoms with Gasteiger partial charge in [-0.3, -0.25) is 19.2 Å². The highest BCUT2D eigenvalue weighted by molar-refractivity contribution is 5.88. The van der Waals surface area contributed by atoms with E-state index in [2.05, 4.69) is 24.5 Å². The number of aliphatic hydroxyl groups is 4. The zero-order valence-electron chi connectivity index (χ0n) is 40.1. The highest BCUT2D eigenvalue weighted by Crippen LogP contribution is 2.26. The molecule has 6 atom stereocenters. The summed E-state index contributed by atoms with van der Waals surface area (Å²) in [5.74, 6) is -2.77. The molecular formula is C50H95N3O10. The molecule has 1 fully saturated rings. The van der Waals surface area contributed by atoms with Crippen LogP contribution < -0.4 is 10.6 Å². The van der Waals surface area contributed by atoms with Gasteiger partial charge in [-0.05, 0) is 19.3 Å². The van der Waals surface area contributed by atoms with Crippen molar-refractivity contribution in [2.45, 2.75) is 275 Å². The summed E-state index contributed by atoms with van der Waals surface area (Å²) in [6.07, 6.45) is 31.6. The van der Waals surface area contributed by atoms with Crippen molar-refractivity contribution in [1.29, 1.82) is 0 Å². The molecule has 1 rings (SSSR count). The maximum absolute atomic E-state index is 14.1. The highest BCUT2D eigenvalue weighted by Gasteiger charge is 2.48. The molecule has 0 aliphatic carbocycles. The Kier molecular flexibility index (Phi) is 37.3. The van der Waals surface area contributed by atoms with Crippen molar-refractivity contribution >= 4 is 23.7 Å². The fourth-order valence-corrected chi connectivity index (χ4v) is 8.66. The van der Waals surface area contributed by atoms with Crippen LogP contribution in [0.1, 0.15) is 239 Å². The predicted molar refractivity (Wildman–Crippen MR) is 251 cm³/mol. The van der Waals surface area contributed by atoms with Gasteiger partial charge in [0.15, 0.2) is 6.23 Å². The van der Waals surface area contributed by atoms with Gasteiger partial charge < -0.3 is 45.8 Å². The molecule has 0 bridgehead atoms. The number of nitrogens with zero attached hydrogens (tertiary/aromatic N) is 1. The molecule has 13 nitrogen and oxygen atoms in total. The summed E-state index contributed by atoms with van der Waals surface area (Å²) in [5, 5.41) is 56.2. The van der Waals surface area contributed by atoms with E-state index < -0.39 is 67.6 Å². The normalized spacial score (nSPS) is 19.2. The minimum atomic E-state index is -1.64. The number of hydrogen-bond acceptors (Lipinski definition) is 9. The lowest BCUT2D eigenvalue weighted by molar-refractivity contribution is -0.231. The topological polar surface area (TPSA) is 206 Å². The molecule has 3 amide bonds. The quantitative estimate of drug-likeness (QED) is 0.0289. The summed E-state index contributed by atoms with van der Waals surface area (Å²) in [7, 11) is 0. The second-order valence-corrected chi connectivity index (χ2v) is 18.4. The van der Waals surface area contributed by atoms with Gasteiger partial charge in [0.25, 0.3) is 0 Å². The van der Waals surface area contributed by atoms with Crippen LogP contribution in [-0.4, -0.2) is 111 Å². The van der Waals surface area contributed by atoms with Crippen molar-refractivity contribution in [2.75, 3.05) is 19.8 Å². The van der Waals surface area contributed by atoms with Crippen molar-refractivity contribution in [3.05, 3.63) is 0 Å². The van der Waals surface area contributed by atoms with Crippen LogP contribution in [0.3, 0.4) is 0 Å². The molecule has 0 unspecified atom stereocenters. The fourth-order valence-electron chi connectivity index (χ4n) is 8.66. The molecule has 63 heavy (non-hydrogen) atoms.